The van der Waals surface area contributed by atoms with Gasteiger partial charge in [0.15, 0.2) is 11.5 Å². The van der Waals surface area contributed by atoms with E-state index in [1.807, 2.05) is 0 Å². The maximum Gasteiger partial charge on any atom is 0.275 e. The van der Waals surface area contributed by atoms with Crippen molar-refractivity contribution in [2.75, 3.05) is 6.61 Å². The summed E-state index contributed by atoms with van der Waals surface area (Å²) in [6.45, 7) is 1.87. The largest absolute Gasteiger partial charge is 0.507 e. The standard InChI is InChI=1S/C16H15N3O6/c1-2-25-14-8-11(19(23)24)7-10(15(14)21)9-17-18-16(22)12-5-3-4-6-13(12)20/h3-9,20-21H,2H2,1H3,(H,18,22). The predicted molar refractivity (Wildman–Crippen MR) is 89.1 cm³/mol. The number of non-ortho nitro benzene ring substituents is 1. The molecule has 0 unspecified atom stereocenters. The number of hydrogen-bond donors (Lipinski definition) is 3. The van der Waals surface area contributed by atoms with E-state index in [4.69, 9.17) is 4.74 Å². The molecule has 3 N–H and O–H groups in total. The molecule has 0 bridgehead atoms. The van der Waals surface area contributed by atoms with Crippen molar-refractivity contribution in [3.8, 4) is 17.2 Å². The van der Waals surface area contributed by atoms with Gasteiger partial charge < -0.3 is 14.9 Å². The van der Waals surface area contributed by atoms with Gasteiger partial charge in [-0.1, -0.05) is 12.1 Å². The number of para-hydroxylation sites is 1. The summed E-state index contributed by atoms with van der Waals surface area (Å²) >= 11 is 0. The number of ether oxygens (including phenoxy) is 1. The van der Waals surface area contributed by atoms with Crippen molar-refractivity contribution < 1.29 is 24.7 Å². The quantitative estimate of drug-likeness (QED) is 0.417. The summed E-state index contributed by atoms with van der Waals surface area (Å²) in [7, 11) is 0. The smallest absolute Gasteiger partial charge is 0.275 e. The van der Waals surface area contributed by atoms with Crippen LogP contribution < -0.4 is 10.2 Å². The zero-order valence-electron chi connectivity index (χ0n) is 13.2. The molecule has 2 rings (SSSR count). The Bertz CT molecular complexity index is 835. The summed E-state index contributed by atoms with van der Waals surface area (Å²) in [6, 6.07) is 8.06. The minimum Gasteiger partial charge on any atom is -0.507 e. The number of benzene rings is 2. The summed E-state index contributed by atoms with van der Waals surface area (Å²) in [5.41, 5.74) is 1.88. The fraction of sp³-hybridized carbons (Fsp3) is 0.125. The molecule has 0 radical (unpaired) electrons. The molecular formula is C16H15N3O6. The Morgan fingerprint density at radius 1 is 1.36 bits per heavy atom. The van der Waals surface area contributed by atoms with E-state index in [0.717, 1.165) is 18.3 Å². The fourth-order valence-corrected chi connectivity index (χ4v) is 1.97. The molecule has 0 aromatic heterocycles. The SMILES string of the molecule is CCOc1cc([N+](=O)[O-])cc(C=NNC(=O)c2ccccc2O)c1O. The van der Waals surface area contributed by atoms with E-state index in [1.54, 1.807) is 19.1 Å². The zero-order chi connectivity index (χ0) is 18.4. The number of phenols is 2. The van der Waals surface area contributed by atoms with E-state index in [-0.39, 0.29) is 40.7 Å². The molecule has 0 aliphatic rings. The molecule has 25 heavy (non-hydrogen) atoms. The first-order valence-corrected chi connectivity index (χ1v) is 7.19. The van der Waals surface area contributed by atoms with Gasteiger partial charge in [0.2, 0.25) is 0 Å². The van der Waals surface area contributed by atoms with Gasteiger partial charge in [-0.2, -0.15) is 5.10 Å². The number of aromatic hydroxyl groups is 2. The Labute approximate surface area is 142 Å². The maximum atomic E-state index is 11.9. The minimum atomic E-state index is -0.677. The number of nitrogens with zero attached hydrogens (tertiary/aromatic N) is 2. The lowest BCUT2D eigenvalue weighted by atomic mass is 10.1. The third-order valence-corrected chi connectivity index (χ3v) is 3.12. The number of nitro benzene ring substituents is 1. The summed E-state index contributed by atoms with van der Waals surface area (Å²) < 4.78 is 5.14. The van der Waals surface area contributed by atoms with Crippen molar-refractivity contribution in [3.05, 3.63) is 57.6 Å². The van der Waals surface area contributed by atoms with E-state index in [0.29, 0.717) is 0 Å². The average Bonchev–Trinajstić information content (AvgIpc) is 2.58. The van der Waals surface area contributed by atoms with Gasteiger partial charge in [0.1, 0.15) is 5.75 Å². The van der Waals surface area contributed by atoms with Crippen LogP contribution in [0.1, 0.15) is 22.8 Å². The van der Waals surface area contributed by atoms with Crippen LogP contribution in [0.15, 0.2) is 41.5 Å². The van der Waals surface area contributed by atoms with Gasteiger partial charge in [-0.25, -0.2) is 5.43 Å². The fourth-order valence-electron chi connectivity index (χ4n) is 1.97. The number of rotatable bonds is 6. The lowest BCUT2D eigenvalue weighted by molar-refractivity contribution is -0.385. The van der Waals surface area contributed by atoms with Crippen molar-refractivity contribution in [2.24, 2.45) is 5.10 Å². The second kappa shape index (κ2) is 7.77. The molecule has 9 heteroatoms. The minimum absolute atomic E-state index is 0.00441. The Hall–Kier alpha value is -3.62. The highest BCUT2D eigenvalue weighted by molar-refractivity contribution is 5.97. The number of nitro groups is 1. The number of amides is 1. The number of phenolic OH excluding ortho intramolecular Hbond substituents is 2. The second-order valence-electron chi connectivity index (χ2n) is 4.79. The first-order chi connectivity index (χ1) is 11.9. The van der Waals surface area contributed by atoms with E-state index in [1.165, 1.54) is 12.1 Å². The molecule has 0 saturated carbocycles. The van der Waals surface area contributed by atoms with Crippen LogP contribution in [0.3, 0.4) is 0 Å². The Morgan fingerprint density at radius 3 is 2.72 bits per heavy atom. The molecule has 0 saturated heterocycles. The van der Waals surface area contributed by atoms with Gasteiger partial charge in [-0.15, -0.1) is 0 Å². The molecule has 130 valence electrons. The van der Waals surface area contributed by atoms with Gasteiger partial charge in [0, 0.05) is 11.6 Å². The third-order valence-electron chi connectivity index (χ3n) is 3.12. The molecule has 2 aromatic carbocycles. The molecule has 0 aliphatic heterocycles. The highest BCUT2D eigenvalue weighted by Gasteiger charge is 2.16. The molecular weight excluding hydrogens is 330 g/mol. The summed E-state index contributed by atoms with van der Waals surface area (Å²) in [4.78, 5) is 22.2. The van der Waals surface area contributed by atoms with Crippen LogP contribution in [-0.2, 0) is 0 Å². The van der Waals surface area contributed by atoms with Crippen LogP contribution >= 0.6 is 0 Å². The number of hydrogen-bond acceptors (Lipinski definition) is 7. The van der Waals surface area contributed by atoms with Gasteiger partial charge >= 0.3 is 0 Å². The molecule has 0 heterocycles. The van der Waals surface area contributed by atoms with Crippen molar-refractivity contribution in [1.82, 2.24) is 5.43 Å². The Kier molecular flexibility index (Phi) is 5.51. The van der Waals surface area contributed by atoms with Gasteiger partial charge in [0.05, 0.1) is 29.4 Å². The number of carbonyl (C=O) groups is 1. The van der Waals surface area contributed by atoms with Gasteiger partial charge in [-0.05, 0) is 19.1 Å². The van der Waals surface area contributed by atoms with Crippen molar-refractivity contribution in [2.45, 2.75) is 6.92 Å². The van der Waals surface area contributed by atoms with Gasteiger partial charge in [0.25, 0.3) is 11.6 Å². The predicted octanol–water partition coefficient (Wildman–Crippen LogP) is 2.17. The van der Waals surface area contributed by atoms with Crippen LogP contribution in [0, 0.1) is 10.1 Å². The molecule has 9 nitrogen and oxygen atoms in total. The van der Waals surface area contributed by atoms with Crippen molar-refractivity contribution >= 4 is 17.8 Å². The molecule has 0 spiro atoms. The molecule has 0 atom stereocenters. The Morgan fingerprint density at radius 2 is 2.08 bits per heavy atom. The normalized spacial score (nSPS) is 10.6. The lowest BCUT2D eigenvalue weighted by Gasteiger charge is -2.08. The average molecular weight is 345 g/mol. The monoisotopic (exact) mass is 345 g/mol. The second-order valence-corrected chi connectivity index (χ2v) is 4.79. The van der Waals surface area contributed by atoms with Crippen LogP contribution in [0.5, 0.6) is 17.2 Å². The zero-order valence-corrected chi connectivity index (χ0v) is 13.2. The highest BCUT2D eigenvalue weighted by atomic mass is 16.6. The molecule has 1 amide bonds. The van der Waals surface area contributed by atoms with E-state index in [9.17, 15) is 25.1 Å². The maximum absolute atomic E-state index is 11.9. The number of carbonyl (C=O) groups excluding carboxylic acids is 1. The molecule has 0 fully saturated rings. The number of hydrazone groups is 1. The van der Waals surface area contributed by atoms with Crippen LogP contribution in [-0.4, -0.2) is 33.9 Å². The summed E-state index contributed by atoms with van der Waals surface area (Å²) in [5.74, 6) is -1.30. The first-order valence-electron chi connectivity index (χ1n) is 7.19. The Balaban J connectivity index is 2.24. The number of nitrogens with one attached hydrogen (secondary N) is 1. The topological polar surface area (TPSA) is 134 Å². The lowest BCUT2D eigenvalue weighted by Crippen LogP contribution is -2.17. The third kappa shape index (κ3) is 4.22. The first kappa shape index (κ1) is 17.7. The molecule has 2 aromatic rings. The van der Waals surface area contributed by atoms with Crippen LogP contribution in [0.2, 0.25) is 0 Å². The summed E-state index contributed by atoms with van der Waals surface area (Å²) in [6.07, 6.45) is 1.04. The van der Waals surface area contributed by atoms with Crippen molar-refractivity contribution in [1.29, 1.82) is 0 Å². The van der Waals surface area contributed by atoms with Crippen molar-refractivity contribution in [3.63, 3.8) is 0 Å². The highest BCUT2D eigenvalue weighted by Crippen LogP contribution is 2.33. The van der Waals surface area contributed by atoms with Crippen LogP contribution in [0.4, 0.5) is 5.69 Å². The summed E-state index contributed by atoms with van der Waals surface area (Å²) in [5, 5.41) is 34.3. The van der Waals surface area contributed by atoms with E-state index >= 15 is 0 Å². The van der Waals surface area contributed by atoms with E-state index in [2.05, 4.69) is 10.5 Å². The van der Waals surface area contributed by atoms with Gasteiger partial charge in [-0.3, -0.25) is 14.9 Å². The van der Waals surface area contributed by atoms with Crippen LogP contribution in [0.25, 0.3) is 0 Å². The van der Waals surface area contributed by atoms with E-state index < -0.39 is 10.8 Å². The molecule has 0 aliphatic carbocycles.